The molecule has 0 aliphatic carbocycles. The van der Waals surface area contributed by atoms with Crippen LogP contribution in [0.25, 0.3) is 21.2 Å². The number of halogens is 2. The Hall–Kier alpha value is -2.00. The van der Waals surface area contributed by atoms with Crippen molar-refractivity contribution < 1.29 is 8.78 Å². The molecule has 0 saturated carbocycles. The first-order valence-electron chi connectivity index (χ1n) is 8.34. The Morgan fingerprint density at radius 2 is 1.80 bits per heavy atom. The van der Waals surface area contributed by atoms with Gasteiger partial charge in [-0.3, -0.25) is 0 Å². The average molecular weight is 356 g/mol. The quantitative estimate of drug-likeness (QED) is 0.414. The summed E-state index contributed by atoms with van der Waals surface area (Å²) in [6.07, 6.45) is 2.78. The predicted octanol–water partition coefficient (Wildman–Crippen LogP) is 7.53. The van der Waals surface area contributed by atoms with Gasteiger partial charge in [0.25, 0.3) is 5.92 Å². The summed E-state index contributed by atoms with van der Waals surface area (Å²) in [5.41, 5.74) is 3.04. The molecule has 0 atom stereocenters. The highest BCUT2D eigenvalue weighted by Crippen LogP contribution is 2.39. The lowest BCUT2D eigenvalue weighted by molar-refractivity contribution is 0.0175. The Bertz CT molecular complexity index is 913. The van der Waals surface area contributed by atoms with Gasteiger partial charge in [0, 0.05) is 17.2 Å². The van der Waals surface area contributed by atoms with Crippen molar-refractivity contribution in [2.24, 2.45) is 0 Å². The van der Waals surface area contributed by atoms with E-state index in [1.165, 1.54) is 11.6 Å². The maximum atomic E-state index is 13.8. The number of allylic oxidation sites excluding steroid dienone is 1. The molecule has 0 amide bonds. The van der Waals surface area contributed by atoms with E-state index in [0.717, 1.165) is 34.6 Å². The Labute approximate surface area is 151 Å². The van der Waals surface area contributed by atoms with Crippen molar-refractivity contribution in [3.8, 4) is 11.1 Å². The number of hydrogen-bond acceptors (Lipinski definition) is 1. The highest BCUT2D eigenvalue weighted by atomic mass is 32.1. The zero-order chi connectivity index (χ0) is 18.2. The largest absolute Gasteiger partial charge is 0.270 e. The fourth-order valence-electron chi connectivity index (χ4n) is 3.13. The molecule has 0 aliphatic rings. The summed E-state index contributed by atoms with van der Waals surface area (Å²) < 4.78 is 28.7. The summed E-state index contributed by atoms with van der Waals surface area (Å²) in [4.78, 5) is 0. The van der Waals surface area contributed by atoms with Gasteiger partial charge >= 0.3 is 0 Å². The van der Waals surface area contributed by atoms with Gasteiger partial charge in [0.15, 0.2) is 0 Å². The third-order valence-electron chi connectivity index (χ3n) is 4.67. The van der Waals surface area contributed by atoms with E-state index < -0.39 is 5.92 Å². The molecular weight excluding hydrogens is 334 g/mol. The molecule has 0 N–H and O–H groups in total. The number of thiophene rings is 1. The summed E-state index contributed by atoms with van der Waals surface area (Å²) in [7, 11) is 0. The normalized spacial score (nSPS) is 12.5. The van der Waals surface area contributed by atoms with E-state index in [1.54, 1.807) is 23.5 Å². The third-order valence-corrected chi connectivity index (χ3v) is 5.63. The van der Waals surface area contributed by atoms with Crippen molar-refractivity contribution in [3.05, 3.63) is 71.6 Å². The Morgan fingerprint density at radius 1 is 1.04 bits per heavy atom. The molecule has 0 unspecified atom stereocenters. The van der Waals surface area contributed by atoms with Crippen LogP contribution in [0.4, 0.5) is 8.78 Å². The van der Waals surface area contributed by atoms with Gasteiger partial charge in [0.2, 0.25) is 0 Å². The van der Waals surface area contributed by atoms with Crippen molar-refractivity contribution in [2.45, 2.75) is 38.5 Å². The molecule has 0 bridgehead atoms. The topological polar surface area (TPSA) is 0 Å². The molecule has 0 fully saturated rings. The minimum absolute atomic E-state index is 0.0467. The van der Waals surface area contributed by atoms with E-state index in [4.69, 9.17) is 0 Å². The second kappa shape index (κ2) is 6.38. The average Bonchev–Trinajstić information content (AvgIpc) is 3.01. The molecule has 0 nitrogen and oxygen atoms in total. The molecule has 1 heterocycles. The van der Waals surface area contributed by atoms with Gasteiger partial charge in [0.05, 0.1) is 0 Å². The van der Waals surface area contributed by atoms with Crippen LogP contribution in [0.5, 0.6) is 0 Å². The number of benzene rings is 2. The standard InChI is InChI=1S/C22H22F2S/c1-5-10-21(2,3)18-13-16-9-11-25-20(16)19(14-18)15-7-6-8-17(12-15)22(4,23)24/h5-9,11-14H,1,10H2,2-4H3. The lowest BCUT2D eigenvalue weighted by Crippen LogP contribution is -2.15. The van der Waals surface area contributed by atoms with Gasteiger partial charge in [-0.05, 0) is 63.6 Å². The first-order valence-corrected chi connectivity index (χ1v) is 9.22. The summed E-state index contributed by atoms with van der Waals surface area (Å²) in [6, 6.07) is 13.2. The smallest absolute Gasteiger partial charge is 0.202 e. The van der Waals surface area contributed by atoms with E-state index in [1.807, 2.05) is 12.1 Å². The first-order chi connectivity index (χ1) is 11.7. The minimum Gasteiger partial charge on any atom is -0.202 e. The Kier molecular flexibility index (Phi) is 4.54. The van der Waals surface area contributed by atoms with E-state index in [-0.39, 0.29) is 11.0 Å². The van der Waals surface area contributed by atoms with Crippen LogP contribution in [-0.2, 0) is 11.3 Å². The van der Waals surface area contributed by atoms with E-state index >= 15 is 0 Å². The monoisotopic (exact) mass is 356 g/mol. The summed E-state index contributed by atoms with van der Waals surface area (Å²) >= 11 is 1.65. The highest BCUT2D eigenvalue weighted by Gasteiger charge is 2.25. The molecule has 1 aromatic heterocycles. The van der Waals surface area contributed by atoms with E-state index in [0.29, 0.717) is 0 Å². The van der Waals surface area contributed by atoms with Gasteiger partial charge in [-0.25, -0.2) is 8.78 Å². The maximum Gasteiger partial charge on any atom is 0.270 e. The zero-order valence-corrected chi connectivity index (χ0v) is 15.6. The number of alkyl halides is 2. The molecule has 3 heteroatoms. The second-order valence-corrected chi connectivity index (χ2v) is 8.12. The number of hydrogen-bond donors (Lipinski definition) is 0. The summed E-state index contributed by atoms with van der Waals surface area (Å²) in [5.74, 6) is -2.84. The van der Waals surface area contributed by atoms with Crippen LogP contribution < -0.4 is 0 Å². The van der Waals surface area contributed by atoms with Crippen LogP contribution >= 0.6 is 11.3 Å². The molecular formula is C22H22F2S. The SMILES string of the molecule is C=CCC(C)(C)c1cc(-c2cccc(C(C)(F)F)c2)c2sccc2c1. The fourth-order valence-corrected chi connectivity index (χ4v) is 4.04. The fraction of sp³-hybridized carbons (Fsp3) is 0.273. The molecule has 3 rings (SSSR count). The van der Waals surface area contributed by atoms with Gasteiger partial charge in [0.1, 0.15) is 0 Å². The molecule has 2 aromatic carbocycles. The van der Waals surface area contributed by atoms with Gasteiger partial charge in [-0.2, -0.15) is 0 Å². The van der Waals surface area contributed by atoms with Crippen LogP contribution in [0.1, 0.15) is 38.3 Å². The van der Waals surface area contributed by atoms with Crippen molar-refractivity contribution >= 4 is 21.4 Å². The molecule has 0 spiro atoms. The Morgan fingerprint density at radius 3 is 2.48 bits per heavy atom. The van der Waals surface area contributed by atoms with E-state index in [2.05, 4.69) is 44.0 Å². The van der Waals surface area contributed by atoms with Crippen molar-refractivity contribution in [1.29, 1.82) is 0 Å². The van der Waals surface area contributed by atoms with Crippen LogP contribution in [0.2, 0.25) is 0 Å². The molecule has 0 radical (unpaired) electrons. The van der Waals surface area contributed by atoms with Gasteiger partial charge in [-0.15, -0.1) is 17.9 Å². The van der Waals surface area contributed by atoms with Crippen LogP contribution in [0.3, 0.4) is 0 Å². The minimum atomic E-state index is -2.84. The molecule has 0 aliphatic heterocycles. The van der Waals surface area contributed by atoms with Gasteiger partial charge in [-0.1, -0.05) is 38.1 Å². The summed E-state index contributed by atoms with van der Waals surface area (Å²) in [5, 5.41) is 3.21. The zero-order valence-electron chi connectivity index (χ0n) is 14.8. The lowest BCUT2D eigenvalue weighted by atomic mass is 9.80. The van der Waals surface area contributed by atoms with Crippen LogP contribution in [-0.4, -0.2) is 0 Å². The molecule has 0 saturated heterocycles. The number of rotatable bonds is 5. The maximum absolute atomic E-state index is 13.8. The van der Waals surface area contributed by atoms with Crippen LogP contribution in [0.15, 0.2) is 60.5 Å². The third kappa shape index (κ3) is 3.52. The van der Waals surface area contributed by atoms with Crippen LogP contribution in [0, 0.1) is 0 Å². The number of fused-ring (bicyclic) bond motifs is 1. The molecule has 25 heavy (non-hydrogen) atoms. The van der Waals surface area contributed by atoms with Crippen molar-refractivity contribution in [2.75, 3.05) is 0 Å². The van der Waals surface area contributed by atoms with Gasteiger partial charge < -0.3 is 0 Å². The highest BCUT2D eigenvalue weighted by molar-refractivity contribution is 7.17. The van der Waals surface area contributed by atoms with Crippen molar-refractivity contribution in [3.63, 3.8) is 0 Å². The summed E-state index contributed by atoms with van der Waals surface area (Å²) in [6.45, 7) is 9.17. The Balaban J connectivity index is 2.22. The second-order valence-electron chi connectivity index (χ2n) is 7.21. The van der Waals surface area contributed by atoms with E-state index in [9.17, 15) is 8.78 Å². The first kappa shape index (κ1) is 17.8. The van der Waals surface area contributed by atoms with Crippen molar-refractivity contribution in [1.82, 2.24) is 0 Å². The molecule has 130 valence electrons. The predicted molar refractivity (Wildman–Crippen MR) is 105 cm³/mol. The molecule has 3 aromatic rings. The lowest BCUT2D eigenvalue weighted by Gasteiger charge is -2.25.